The van der Waals surface area contributed by atoms with Crippen LogP contribution in [0, 0.1) is 0 Å². The topological polar surface area (TPSA) is 70.6 Å². The minimum atomic E-state index is -3.62. The first-order chi connectivity index (χ1) is 14.9. The molecule has 0 saturated carbocycles. The quantitative estimate of drug-likeness (QED) is 0.547. The molecule has 6 nitrogen and oxygen atoms in total. The van der Waals surface area contributed by atoms with Crippen molar-refractivity contribution in [2.45, 2.75) is 36.6 Å². The zero-order chi connectivity index (χ0) is 21.6. The summed E-state index contributed by atoms with van der Waals surface area (Å²) in [5, 5.41) is 1.17. The van der Waals surface area contributed by atoms with Crippen LogP contribution in [0.4, 0.5) is 0 Å². The Balaban J connectivity index is 1.47. The Labute approximate surface area is 190 Å². The summed E-state index contributed by atoms with van der Waals surface area (Å²) in [4.78, 5) is 20.1. The standard InChI is InChI=1S/C22H22ClN3O3S2/c23-17-10-9-15(31(28,29)25-11-3-4-12-25)14-16(17)22(27)26-13-5-7-19(26)21-24-18-6-1-2-8-20(18)30-21/h1-2,6,8-10,14,19H,3-5,7,11-13H2. The van der Waals surface area contributed by atoms with Gasteiger partial charge in [-0.2, -0.15) is 4.31 Å². The highest BCUT2D eigenvalue weighted by Gasteiger charge is 2.35. The van der Waals surface area contributed by atoms with E-state index in [0.717, 1.165) is 40.9 Å². The van der Waals surface area contributed by atoms with E-state index in [4.69, 9.17) is 16.6 Å². The molecule has 3 heterocycles. The molecule has 31 heavy (non-hydrogen) atoms. The zero-order valence-corrected chi connectivity index (χ0v) is 19.2. The molecule has 9 heteroatoms. The summed E-state index contributed by atoms with van der Waals surface area (Å²) in [5.74, 6) is -0.245. The number of carbonyl (C=O) groups excluding carboxylic acids is 1. The van der Waals surface area contributed by atoms with Crippen LogP contribution in [0.15, 0.2) is 47.4 Å². The van der Waals surface area contributed by atoms with Gasteiger partial charge in [0.2, 0.25) is 10.0 Å². The first-order valence-corrected chi connectivity index (χ1v) is 13.0. The predicted octanol–water partition coefficient (Wildman–Crippen LogP) is 4.71. The van der Waals surface area contributed by atoms with E-state index in [2.05, 4.69) is 0 Å². The number of para-hydroxylation sites is 1. The normalized spacial score (nSPS) is 20.0. The summed E-state index contributed by atoms with van der Waals surface area (Å²) < 4.78 is 28.5. The van der Waals surface area contributed by atoms with Crippen LogP contribution in [0.1, 0.15) is 47.1 Å². The van der Waals surface area contributed by atoms with Crippen LogP contribution in [0.5, 0.6) is 0 Å². The number of hydrogen-bond donors (Lipinski definition) is 0. The molecular formula is C22H22ClN3O3S2. The van der Waals surface area contributed by atoms with Crippen molar-refractivity contribution in [3.05, 3.63) is 58.1 Å². The number of likely N-dealkylation sites (tertiary alicyclic amines) is 1. The Hall–Kier alpha value is -2.00. The highest BCUT2D eigenvalue weighted by atomic mass is 35.5. The first kappa shape index (κ1) is 20.9. The van der Waals surface area contributed by atoms with Crippen LogP contribution < -0.4 is 0 Å². The molecule has 0 aliphatic carbocycles. The van der Waals surface area contributed by atoms with Crippen molar-refractivity contribution in [3.63, 3.8) is 0 Å². The lowest BCUT2D eigenvalue weighted by molar-refractivity contribution is 0.0735. The second kappa shape index (κ2) is 8.16. The van der Waals surface area contributed by atoms with Crippen LogP contribution in [-0.4, -0.2) is 48.1 Å². The highest BCUT2D eigenvalue weighted by Crippen LogP contribution is 2.38. The molecule has 0 N–H and O–H groups in total. The molecule has 2 fully saturated rings. The van der Waals surface area contributed by atoms with Gasteiger partial charge in [0, 0.05) is 19.6 Å². The maximum atomic E-state index is 13.5. The fraction of sp³-hybridized carbons (Fsp3) is 0.364. The van der Waals surface area contributed by atoms with Crippen molar-refractivity contribution < 1.29 is 13.2 Å². The van der Waals surface area contributed by atoms with E-state index >= 15 is 0 Å². The van der Waals surface area contributed by atoms with Crippen LogP contribution in [0.3, 0.4) is 0 Å². The Morgan fingerprint density at radius 3 is 2.61 bits per heavy atom. The summed E-state index contributed by atoms with van der Waals surface area (Å²) >= 11 is 7.97. The highest BCUT2D eigenvalue weighted by molar-refractivity contribution is 7.89. The molecule has 0 bridgehead atoms. The van der Waals surface area contributed by atoms with Gasteiger partial charge in [-0.15, -0.1) is 11.3 Å². The van der Waals surface area contributed by atoms with E-state index in [1.165, 1.54) is 22.5 Å². The molecule has 2 aromatic carbocycles. The minimum Gasteiger partial charge on any atom is -0.329 e. The molecule has 1 atom stereocenters. The van der Waals surface area contributed by atoms with Crippen LogP contribution >= 0.6 is 22.9 Å². The van der Waals surface area contributed by atoms with Gasteiger partial charge in [-0.3, -0.25) is 4.79 Å². The smallest absolute Gasteiger partial charge is 0.256 e. The van der Waals surface area contributed by atoms with Gasteiger partial charge in [0.25, 0.3) is 5.91 Å². The van der Waals surface area contributed by atoms with Gasteiger partial charge < -0.3 is 4.90 Å². The Morgan fingerprint density at radius 2 is 1.84 bits per heavy atom. The number of aromatic nitrogens is 1. The molecule has 2 saturated heterocycles. The average molecular weight is 476 g/mol. The number of benzene rings is 2. The third kappa shape index (κ3) is 3.75. The Morgan fingerprint density at radius 1 is 1.06 bits per heavy atom. The maximum Gasteiger partial charge on any atom is 0.256 e. The third-order valence-electron chi connectivity index (χ3n) is 5.98. The molecular weight excluding hydrogens is 454 g/mol. The summed E-state index contributed by atoms with van der Waals surface area (Å²) in [6.45, 7) is 1.62. The fourth-order valence-corrected chi connectivity index (χ4v) is 7.22. The van der Waals surface area contributed by atoms with E-state index in [9.17, 15) is 13.2 Å². The molecule has 162 valence electrons. The van der Waals surface area contributed by atoms with Crippen molar-refractivity contribution in [3.8, 4) is 0 Å². The van der Waals surface area contributed by atoms with E-state index in [1.807, 2.05) is 24.3 Å². The van der Waals surface area contributed by atoms with Crippen molar-refractivity contribution in [2.75, 3.05) is 19.6 Å². The van der Waals surface area contributed by atoms with Gasteiger partial charge >= 0.3 is 0 Å². The lowest BCUT2D eigenvalue weighted by Gasteiger charge is -2.24. The van der Waals surface area contributed by atoms with Crippen LogP contribution in [-0.2, 0) is 10.0 Å². The molecule has 1 amide bonds. The molecule has 0 radical (unpaired) electrons. The van der Waals surface area contributed by atoms with Gasteiger partial charge in [0.1, 0.15) is 5.01 Å². The number of fused-ring (bicyclic) bond motifs is 1. The number of sulfonamides is 1. The lowest BCUT2D eigenvalue weighted by atomic mass is 10.1. The number of carbonyl (C=O) groups is 1. The van der Waals surface area contributed by atoms with Crippen LogP contribution in [0.2, 0.25) is 5.02 Å². The van der Waals surface area contributed by atoms with E-state index < -0.39 is 10.0 Å². The van der Waals surface area contributed by atoms with Crippen molar-refractivity contribution in [1.82, 2.24) is 14.2 Å². The maximum absolute atomic E-state index is 13.5. The number of rotatable bonds is 4. The third-order valence-corrected chi connectivity index (χ3v) is 9.34. The average Bonchev–Trinajstić information content (AvgIpc) is 3.53. The number of nitrogens with zero attached hydrogens (tertiary/aromatic N) is 3. The molecule has 1 aromatic heterocycles. The van der Waals surface area contributed by atoms with Crippen LogP contribution in [0.25, 0.3) is 10.2 Å². The van der Waals surface area contributed by atoms with E-state index in [0.29, 0.717) is 19.6 Å². The Bertz CT molecular complexity index is 1220. The van der Waals surface area contributed by atoms with Gasteiger partial charge in [-0.25, -0.2) is 13.4 Å². The fourth-order valence-electron chi connectivity index (χ4n) is 4.36. The number of halogens is 1. The largest absolute Gasteiger partial charge is 0.329 e. The van der Waals surface area contributed by atoms with E-state index in [-0.39, 0.29) is 27.4 Å². The summed E-state index contributed by atoms with van der Waals surface area (Å²) in [6, 6.07) is 12.2. The molecule has 0 spiro atoms. The molecule has 1 unspecified atom stereocenters. The SMILES string of the molecule is O=C(c1cc(S(=O)(=O)N2CCCC2)ccc1Cl)N1CCCC1c1nc2ccccc2s1. The minimum absolute atomic E-state index is 0.123. The van der Waals surface area contributed by atoms with Crippen molar-refractivity contribution in [2.24, 2.45) is 0 Å². The van der Waals surface area contributed by atoms with Gasteiger partial charge in [0.15, 0.2) is 0 Å². The first-order valence-electron chi connectivity index (χ1n) is 10.4. The zero-order valence-electron chi connectivity index (χ0n) is 16.8. The molecule has 5 rings (SSSR count). The monoisotopic (exact) mass is 475 g/mol. The van der Waals surface area contributed by atoms with Crippen molar-refractivity contribution in [1.29, 1.82) is 0 Å². The number of amides is 1. The number of hydrogen-bond acceptors (Lipinski definition) is 5. The van der Waals surface area contributed by atoms with Gasteiger partial charge in [-0.1, -0.05) is 23.7 Å². The number of thiazole rings is 1. The summed E-state index contributed by atoms with van der Waals surface area (Å²) in [6.07, 6.45) is 3.41. The summed E-state index contributed by atoms with van der Waals surface area (Å²) in [5.41, 5.74) is 1.16. The molecule has 3 aromatic rings. The second-order valence-electron chi connectivity index (χ2n) is 7.93. The molecule has 2 aliphatic heterocycles. The molecule has 2 aliphatic rings. The second-order valence-corrected chi connectivity index (χ2v) is 11.3. The van der Waals surface area contributed by atoms with Gasteiger partial charge in [-0.05, 0) is 56.0 Å². The lowest BCUT2D eigenvalue weighted by Crippen LogP contribution is -2.31. The predicted molar refractivity (Wildman–Crippen MR) is 122 cm³/mol. The van der Waals surface area contributed by atoms with Gasteiger partial charge in [0.05, 0.1) is 31.7 Å². The Kier molecular flexibility index (Phi) is 5.50. The summed E-state index contributed by atoms with van der Waals surface area (Å²) in [7, 11) is -3.62. The van der Waals surface area contributed by atoms with E-state index in [1.54, 1.807) is 16.2 Å². The van der Waals surface area contributed by atoms with Crippen molar-refractivity contribution >= 4 is 49.1 Å².